The van der Waals surface area contributed by atoms with Gasteiger partial charge in [0.25, 0.3) is 5.91 Å². The van der Waals surface area contributed by atoms with E-state index in [1.54, 1.807) is 18.2 Å². The molecule has 1 aromatic heterocycles. The number of H-pyrrole nitrogens is 1. The first-order valence-corrected chi connectivity index (χ1v) is 8.26. The highest BCUT2D eigenvalue weighted by molar-refractivity contribution is 9.10. The van der Waals surface area contributed by atoms with Crippen LogP contribution in [0, 0.1) is 6.92 Å². The summed E-state index contributed by atoms with van der Waals surface area (Å²) in [5.41, 5.74) is 5.94. The van der Waals surface area contributed by atoms with Crippen LogP contribution in [0.5, 0.6) is 5.75 Å². The number of aromatic nitrogens is 2. The summed E-state index contributed by atoms with van der Waals surface area (Å²) >= 11 is 3.31. The number of phenols is 1. The molecule has 0 spiro atoms. The van der Waals surface area contributed by atoms with Crippen LogP contribution >= 0.6 is 15.9 Å². The van der Waals surface area contributed by atoms with E-state index in [1.165, 1.54) is 12.3 Å². The zero-order valence-electron chi connectivity index (χ0n) is 13.3. The first kappa shape index (κ1) is 16.9. The third kappa shape index (κ3) is 4.13. The van der Waals surface area contributed by atoms with Crippen LogP contribution in [-0.4, -0.2) is 27.4 Å². The van der Waals surface area contributed by atoms with Gasteiger partial charge >= 0.3 is 0 Å². The second-order valence-electron chi connectivity index (χ2n) is 5.44. The Hall–Kier alpha value is -2.93. The molecule has 0 aliphatic rings. The first-order chi connectivity index (χ1) is 12.0. The molecular formula is C18H15BrN4O2. The van der Waals surface area contributed by atoms with E-state index in [-0.39, 0.29) is 5.75 Å². The number of hydrazone groups is 1. The van der Waals surface area contributed by atoms with Gasteiger partial charge < -0.3 is 5.11 Å². The monoisotopic (exact) mass is 398 g/mol. The fourth-order valence-corrected chi connectivity index (χ4v) is 2.54. The van der Waals surface area contributed by atoms with Gasteiger partial charge in [-0.25, -0.2) is 5.43 Å². The molecule has 0 fully saturated rings. The maximum absolute atomic E-state index is 12.1. The average Bonchev–Trinajstić information content (AvgIpc) is 3.08. The SMILES string of the molecule is Cc1ccc(-c2cc(C(=O)N/N=C/c3cc(Br)ccc3O)[nH]n2)cc1. The molecule has 3 rings (SSSR count). The molecule has 0 saturated heterocycles. The molecule has 7 heteroatoms. The number of carbonyl (C=O) groups excluding carboxylic acids is 1. The quantitative estimate of drug-likeness (QED) is 0.462. The molecular weight excluding hydrogens is 384 g/mol. The van der Waals surface area contributed by atoms with Crippen molar-refractivity contribution < 1.29 is 9.90 Å². The zero-order valence-corrected chi connectivity index (χ0v) is 14.9. The highest BCUT2D eigenvalue weighted by Crippen LogP contribution is 2.20. The van der Waals surface area contributed by atoms with Gasteiger partial charge in [-0.15, -0.1) is 0 Å². The summed E-state index contributed by atoms with van der Waals surface area (Å²) in [7, 11) is 0. The highest BCUT2D eigenvalue weighted by atomic mass is 79.9. The van der Waals surface area contributed by atoms with Gasteiger partial charge in [0.2, 0.25) is 0 Å². The van der Waals surface area contributed by atoms with Crippen LogP contribution in [0.1, 0.15) is 21.6 Å². The molecule has 1 amide bonds. The summed E-state index contributed by atoms with van der Waals surface area (Å²) in [5.74, 6) is -0.346. The lowest BCUT2D eigenvalue weighted by Crippen LogP contribution is -2.18. The number of benzene rings is 2. The van der Waals surface area contributed by atoms with E-state index in [0.717, 1.165) is 15.6 Å². The molecule has 1 heterocycles. The lowest BCUT2D eigenvalue weighted by molar-refractivity contribution is 0.0950. The van der Waals surface area contributed by atoms with Crippen LogP contribution in [0.25, 0.3) is 11.3 Å². The molecule has 0 unspecified atom stereocenters. The fraction of sp³-hybridized carbons (Fsp3) is 0.0556. The number of hydrogen-bond acceptors (Lipinski definition) is 4. The Morgan fingerprint density at radius 1 is 1.24 bits per heavy atom. The molecule has 3 N–H and O–H groups in total. The summed E-state index contributed by atoms with van der Waals surface area (Å²) in [5, 5.41) is 20.4. The molecule has 0 atom stereocenters. The zero-order chi connectivity index (χ0) is 17.8. The number of hydrogen-bond donors (Lipinski definition) is 3. The van der Waals surface area contributed by atoms with E-state index in [9.17, 15) is 9.90 Å². The van der Waals surface area contributed by atoms with Gasteiger partial charge in [-0.2, -0.15) is 10.2 Å². The third-order valence-electron chi connectivity index (χ3n) is 3.53. The second kappa shape index (κ2) is 7.31. The van der Waals surface area contributed by atoms with E-state index in [0.29, 0.717) is 17.0 Å². The Morgan fingerprint density at radius 3 is 2.76 bits per heavy atom. The summed E-state index contributed by atoms with van der Waals surface area (Å²) < 4.78 is 0.800. The third-order valence-corrected chi connectivity index (χ3v) is 4.02. The maximum atomic E-state index is 12.1. The minimum Gasteiger partial charge on any atom is -0.507 e. The number of aromatic amines is 1. The summed E-state index contributed by atoms with van der Waals surface area (Å²) in [4.78, 5) is 12.1. The van der Waals surface area contributed by atoms with Crippen molar-refractivity contribution in [3.63, 3.8) is 0 Å². The number of aryl methyl sites for hydroxylation is 1. The van der Waals surface area contributed by atoms with Gasteiger partial charge in [0.1, 0.15) is 11.4 Å². The normalized spacial score (nSPS) is 11.0. The number of carbonyl (C=O) groups is 1. The van der Waals surface area contributed by atoms with Crippen molar-refractivity contribution in [3.05, 3.63) is 69.8 Å². The van der Waals surface area contributed by atoms with Crippen LogP contribution in [-0.2, 0) is 0 Å². The van der Waals surface area contributed by atoms with Crippen LogP contribution in [0.2, 0.25) is 0 Å². The standard InChI is InChI=1S/C18H15BrN4O2/c1-11-2-4-12(5-3-11)15-9-16(22-21-15)18(25)23-20-10-13-8-14(19)6-7-17(13)24/h2-10,24H,1H3,(H,21,22)(H,23,25)/b20-10+. The van der Waals surface area contributed by atoms with Gasteiger partial charge in [0, 0.05) is 15.6 Å². The Labute approximate surface area is 152 Å². The molecule has 25 heavy (non-hydrogen) atoms. The van der Waals surface area contributed by atoms with Crippen molar-refractivity contribution >= 4 is 28.1 Å². The second-order valence-corrected chi connectivity index (χ2v) is 6.35. The van der Waals surface area contributed by atoms with E-state index in [2.05, 4.69) is 36.7 Å². The molecule has 3 aromatic rings. The largest absolute Gasteiger partial charge is 0.507 e. The molecule has 2 aromatic carbocycles. The smallest absolute Gasteiger partial charge is 0.289 e. The van der Waals surface area contributed by atoms with Crippen LogP contribution < -0.4 is 5.43 Å². The van der Waals surface area contributed by atoms with Gasteiger partial charge in [0.05, 0.1) is 11.9 Å². The molecule has 126 valence electrons. The van der Waals surface area contributed by atoms with Crippen molar-refractivity contribution in [2.45, 2.75) is 6.92 Å². The Bertz CT molecular complexity index is 933. The Kier molecular flexibility index (Phi) is 4.95. The molecule has 0 radical (unpaired) electrons. The van der Waals surface area contributed by atoms with E-state index in [4.69, 9.17) is 0 Å². The number of halogens is 1. The van der Waals surface area contributed by atoms with Crippen molar-refractivity contribution in [1.82, 2.24) is 15.6 Å². The molecule has 0 aliphatic heterocycles. The Balaban J connectivity index is 1.69. The van der Waals surface area contributed by atoms with E-state index < -0.39 is 5.91 Å². The lowest BCUT2D eigenvalue weighted by Gasteiger charge is -1.99. The van der Waals surface area contributed by atoms with Crippen LogP contribution in [0.15, 0.2) is 58.1 Å². The molecule has 0 aliphatic carbocycles. The van der Waals surface area contributed by atoms with Crippen molar-refractivity contribution in [2.75, 3.05) is 0 Å². The topological polar surface area (TPSA) is 90.4 Å². The number of rotatable bonds is 4. The van der Waals surface area contributed by atoms with Crippen molar-refractivity contribution in [2.24, 2.45) is 5.10 Å². The van der Waals surface area contributed by atoms with Crippen LogP contribution in [0.3, 0.4) is 0 Å². The van der Waals surface area contributed by atoms with Gasteiger partial charge in [0.15, 0.2) is 0 Å². The average molecular weight is 399 g/mol. The summed E-state index contributed by atoms with van der Waals surface area (Å²) in [6, 6.07) is 14.5. The van der Waals surface area contributed by atoms with Crippen molar-refractivity contribution in [1.29, 1.82) is 0 Å². The highest BCUT2D eigenvalue weighted by Gasteiger charge is 2.10. The molecule has 6 nitrogen and oxygen atoms in total. The molecule has 0 bridgehead atoms. The first-order valence-electron chi connectivity index (χ1n) is 7.47. The predicted octanol–water partition coefficient (Wildman–Crippen LogP) is 3.62. The number of nitrogens with zero attached hydrogens (tertiary/aromatic N) is 2. The lowest BCUT2D eigenvalue weighted by atomic mass is 10.1. The summed E-state index contributed by atoms with van der Waals surface area (Å²) in [6.07, 6.45) is 1.37. The van der Waals surface area contributed by atoms with Gasteiger partial charge in [-0.05, 0) is 31.2 Å². The number of phenolic OH excluding ortho intramolecular Hbond substituents is 1. The van der Waals surface area contributed by atoms with Gasteiger partial charge in [-0.3, -0.25) is 9.89 Å². The number of amides is 1. The van der Waals surface area contributed by atoms with Gasteiger partial charge in [-0.1, -0.05) is 45.8 Å². The van der Waals surface area contributed by atoms with Crippen molar-refractivity contribution in [3.8, 4) is 17.0 Å². The fourth-order valence-electron chi connectivity index (χ4n) is 2.16. The predicted molar refractivity (Wildman–Crippen MR) is 99.6 cm³/mol. The molecule has 0 saturated carbocycles. The number of aromatic hydroxyl groups is 1. The Morgan fingerprint density at radius 2 is 2.00 bits per heavy atom. The maximum Gasteiger partial charge on any atom is 0.289 e. The van der Waals surface area contributed by atoms with Crippen LogP contribution in [0.4, 0.5) is 0 Å². The summed E-state index contributed by atoms with van der Waals surface area (Å²) in [6.45, 7) is 2.01. The minimum absolute atomic E-state index is 0.0735. The van der Waals surface area contributed by atoms with E-state index in [1.807, 2.05) is 31.2 Å². The van der Waals surface area contributed by atoms with E-state index >= 15 is 0 Å². The minimum atomic E-state index is -0.420. The number of nitrogens with one attached hydrogen (secondary N) is 2.